The number of hydrogen-bond acceptors (Lipinski definition) is 4. The maximum Gasteiger partial charge on any atom is 0.410 e. The second kappa shape index (κ2) is 4.86. The van der Waals surface area contributed by atoms with Crippen molar-refractivity contribution in [3.05, 3.63) is 12.7 Å². The number of aliphatic hydroxyl groups is 1. The molecule has 0 aliphatic carbocycles. The van der Waals surface area contributed by atoms with Crippen LogP contribution in [0.25, 0.3) is 0 Å². The molecule has 1 rings (SSSR count). The van der Waals surface area contributed by atoms with Gasteiger partial charge >= 0.3 is 6.09 Å². The zero-order valence-corrected chi connectivity index (χ0v) is 12.1. The van der Waals surface area contributed by atoms with E-state index in [1.165, 1.54) is 6.08 Å². The predicted octanol–water partition coefficient (Wildman–Crippen LogP) is 2.22. The summed E-state index contributed by atoms with van der Waals surface area (Å²) in [4.78, 5) is 13.8. The molecule has 0 aromatic rings. The van der Waals surface area contributed by atoms with E-state index in [9.17, 15) is 9.90 Å². The van der Waals surface area contributed by atoms with Crippen LogP contribution in [0.3, 0.4) is 0 Å². The van der Waals surface area contributed by atoms with E-state index in [0.29, 0.717) is 0 Å². The minimum Gasteiger partial charge on any atom is -0.445 e. The van der Waals surface area contributed by atoms with Gasteiger partial charge in [0, 0.05) is 23.9 Å². The maximum absolute atomic E-state index is 12.2. The highest BCUT2D eigenvalue weighted by Gasteiger charge is 2.54. The molecule has 1 amide bonds. The first-order valence-corrected chi connectivity index (χ1v) is 6.30. The number of amides is 1. The van der Waals surface area contributed by atoms with Crippen molar-refractivity contribution in [3.8, 4) is 6.07 Å². The van der Waals surface area contributed by atoms with Crippen molar-refractivity contribution >= 4 is 6.09 Å². The first kappa shape index (κ1) is 15.5. The summed E-state index contributed by atoms with van der Waals surface area (Å²) >= 11 is 0. The van der Waals surface area contributed by atoms with Crippen LogP contribution in [0.4, 0.5) is 4.79 Å². The quantitative estimate of drug-likeness (QED) is 0.614. The van der Waals surface area contributed by atoms with E-state index in [2.05, 4.69) is 6.58 Å². The van der Waals surface area contributed by atoms with E-state index in [0.717, 1.165) is 0 Å². The molecular formula is C14H22N2O3. The predicted molar refractivity (Wildman–Crippen MR) is 71.3 cm³/mol. The Morgan fingerprint density at radius 3 is 2.26 bits per heavy atom. The fourth-order valence-corrected chi connectivity index (χ4v) is 3.24. The van der Waals surface area contributed by atoms with Gasteiger partial charge < -0.3 is 9.84 Å². The number of nitrogens with zero attached hydrogens (tertiary/aromatic N) is 2. The average molecular weight is 266 g/mol. The zero-order chi connectivity index (χ0) is 14.9. The molecule has 0 atom stereocenters. The van der Waals surface area contributed by atoms with Crippen molar-refractivity contribution in [2.45, 2.75) is 57.2 Å². The summed E-state index contributed by atoms with van der Waals surface area (Å²) in [7, 11) is 0. The van der Waals surface area contributed by atoms with Crippen molar-refractivity contribution in [1.82, 2.24) is 4.90 Å². The van der Waals surface area contributed by atoms with Crippen LogP contribution in [0.1, 0.15) is 40.5 Å². The third-order valence-corrected chi connectivity index (χ3v) is 3.38. The number of rotatable bonds is 2. The molecule has 0 radical (unpaired) electrons. The van der Waals surface area contributed by atoms with E-state index in [4.69, 9.17) is 10.00 Å². The fourth-order valence-electron chi connectivity index (χ4n) is 3.24. The Kier molecular flexibility index (Phi) is 3.97. The van der Waals surface area contributed by atoms with Crippen LogP contribution in [-0.4, -0.2) is 39.4 Å². The third-order valence-electron chi connectivity index (χ3n) is 3.38. The third kappa shape index (κ3) is 3.07. The molecule has 1 aliphatic heterocycles. The first-order valence-electron chi connectivity index (χ1n) is 6.30. The lowest BCUT2D eigenvalue weighted by Crippen LogP contribution is -2.66. The SMILES string of the molecule is C=CCOC(=O)N1C(C)(C)CC(O)(C#N)CC1(C)C. The molecule has 1 heterocycles. The van der Waals surface area contributed by atoms with Gasteiger partial charge in [-0.1, -0.05) is 12.7 Å². The minimum atomic E-state index is -1.41. The average Bonchev–Trinajstić information content (AvgIpc) is 2.22. The van der Waals surface area contributed by atoms with Crippen LogP contribution >= 0.6 is 0 Å². The number of hydrogen-bond donors (Lipinski definition) is 1. The van der Waals surface area contributed by atoms with Gasteiger partial charge in [-0.3, -0.25) is 4.90 Å². The summed E-state index contributed by atoms with van der Waals surface area (Å²) in [6, 6.07) is 1.95. The molecule has 5 nitrogen and oxygen atoms in total. The Labute approximate surface area is 114 Å². The van der Waals surface area contributed by atoms with Gasteiger partial charge in [0.15, 0.2) is 5.60 Å². The zero-order valence-electron chi connectivity index (χ0n) is 12.1. The lowest BCUT2D eigenvalue weighted by molar-refractivity contribution is -0.0964. The van der Waals surface area contributed by atoms with E-state index < -0.39 is 22.8 Å². The Morgan fingerprint density at radius 1 is 1.42 bits per heavy atom. The number of ether oxygens (including phenoxy) is 1. The van der Waals surface area contributed by atoms with Gasteiger partial charge in [-0.05, 0) is 27.7 Å². The molecule has 0 aromatic carbocycles. The van der Waals surface area contributed by atoms with Crippen molar-refractivity contribution < 1.29 is 14.6 Å². The van der Waals surface area contributed by atoms with E-state index >= 15 is 0 Å². The normalized spacial score (nSPS) is 23.3. The number of piperidine rings is 1. The van der Waals surface area contributed by atoms with E-state index in [-0.39, 0.29) is 19.4 Å². The molecule has 1 N–H and O–H groups in total. The highest BCUT2D eigenvalue weighted by atomic mass is 16.6. The van der Waals surface area contributed by atoms with Crippen LogP contribution < -0.4 is 0 Å². The largest absolute Gasteiger partial charge is 0.445 e. The highest BCUT2D eigenvalue weighted by molar-refractivity contribution is 5.70. The van der Waals surface area contributed by atoms with Gasteiger partial charge in [0.2, 0.25) is 0 Å². The van der Waals surface area contributed by atoms with Gasteiger partial charge in [0.25, 0.3) is 0 Å². The second-order valence-electron chi connectivity index (χ2n) is 6.32. The molecule has 0 spiro atoms. The Bertz CT molecular complexity index is 403. The lowest BCUT2D eigenvalue weighted by atomic mass is 9.72. The topological polar surface area (TPSA) is 73.6 Å². The molecule has 1 aliphatic rings. The smallest absolute Gasteiger partial charge is 0.410 e. The van der Waals surface area contributed by atoms with Crippen LogP contribution in [-0.2, 0) is 4.74 Å². The number of carbonyl (C=O) groups is 1. The summed E-state index contributed by atoms with van der Waals surface area (Å²) in [5.74, 6) is 0. The van der Waals surface area contributed by atoms with E-state index in [1.54, 1.807) is 4.90 Å². The summed E-state index contributed by atoms with van der Waals surface area (Å²) in [6.07, 6.45) is 1.45. The lowest BCUT2D eigenvalue weighted by Gasteiger charge is -2.55. The van der Waals surface area contributed by atoms with Crippen LogP contribution in [0, 0.1) is 11.3 Å². The van der Waals surface area contributed by atoms with Gasteiger partial charge in [-0.25, -0.2) is 4.79 Å². The molecule has 0 bridgehead atoms. The van der Waals surface area contributed by atoms with Crippen molar-refractivity contribution in [3.63, 3.8) is 0 Å². The number of nitriles is 1. The Balaban J connectivity index is 3.08. The Hall–Kier alpha value is -1.54. The second-order valence-corrected chi connectivity index (χ2v) is 6.32. The van der Waals surface area contributed by atoms with Crippen molar-refractivity contribution in [1.29, 1.82) is 5.26 Å². The molecule has 5 heteroatoms. The molecule has 106 valence electrons. The standard InChI is InChI=1S/C14H22N2O3/c1-6-7-19-11(17)16-12(2,3)8-14(18,10-15)9-13(16,4)5/h6,18H,1,7-9H2,2-5H3. The summed E-state index contributed by atoms with van der Waals surface area (Å²) in [5, 5.41) is 19.4. The molecule has 0 aromatic heterocycles. The molecule has 0 unspecified atom stereocenters. The Morgan fingerprint density at radius 2 is 1.89 bits per heavy atom. The van der Waals surface area contributed by atoms with E-state index in [1.807, 2.05) is 33.8 Å². The van der Waals surface area contributed by atoms with Crippen molar-refractivity contribution in [2.75, 3.05) is 6.61 Å². The first-order chi connectivity index (χ1) is 8.58. The van der Waals surface area contributed by atoms with Gasteiger partial charge in [-0.15, -0.1) is 0 Å². The molecule has 19 heavy (non-hydrogen) atoms. The monoisotopic (exact) mass is 266 g/mol. The van der Waals surface area contributed by atoms with Crippen LogP contribution in [0.15, 0.2) is 12.7 Å². The minimum absolute atomic E-state index is 0.143. The fraction of sp³-hybridized carbons (Fsp3) is 0.714. The number of likely N-dealkylation sites (tertiary alicyclic amines) is 1. The molecule has 0 saturated carbocycles. The molecule has 1 saturated heterocycles. The molecule has 1 fully saturated rings. The van der Waals surface area contributed by atoms with Gasteiger partial charge in [0.1, 0.15) is 6.61 Å². The summed E-state index contributed by atoms with van der Waals surface area (Å²) in [6.45, 7) is 11.0. The van der Waals surface area contributed by atoms with Crippen LogP contribution in [0.5, 0.6) is 0 Å². The van der Waals surface area contributed by atoms with Crippen molar-refractivity contribution in [2.24, 2.45) is 0 Å². The highest BCUT2D eigenvalue weighted by Crippen LogP contribution is 2.43. The van der Waals surface area contributed by atoms with Crippen LogP contribution in [0.2, 0.25) is 0 Å². The molecular weight excluding hydrogens is 244 g/mol. The summed E-state index contributed by atoms with van der Waals surface area (Å²) in [5.41, 5.74) is -2.74. The van der Waals surface area contributed by atoms with Gasteiger partial charge in [-0.2, -0.15) is 5.26 Å². The summed E-state index contributed by atoms with van der Waals surface area (Å²) < 4.78 is 5.11. The maximum atomic E-state index is 12.2. The van der Waals surface area contributed by atoms with Gasteiger partial charge in [0.05, 0.1) is 6.07 Å². The number of carbonyl (C=O) groups excluding carboxylic acids is 1.